The van der Waals surface area contributed by atoms with Crippen molar-refractivity contribution in [2.24, 2.45) is 10.8 Å². The van der Waals surface area contributed by atoms with Crippen LogP contribution in [0, 0.1) is 0 Å². The zero-order chi connectivity index (χ0) is 8.85. The van der Waals surface area contributed by atoms with Gasteiger partial charge in [0, 0.05) is 0 Å². The average molecular weight is 155 g/mol. The van der Waals surface area contributed by atoms with E-state index in [4.69, 9.17) is 5.73 Å². The summed E-state index contributed by atoms with van der Waals surface area (Å²) in [5.74, 6) is 0. The monoisotopic (exact) mass is 155 g/mol. The van der Waals surface area contributed by atoms with Crippen LogP contribution >= 0.6 is 0 Å². The second-order valence-electron chi connectivity index (χ2n) is 2.13. The number of carbonyl (C=O) groups is 1. The fourth-order valence-corrected chi connectivity index (χ4v) is 0.474. The number of nitrogens with two attached hydrogens (primary N) is 1. The van der Waals surface area contributed by atoms with E-state index in [9.17, 15) is 4.79 Å². The van der Waals surface area contributed by atoms with Gasteiger partial charge < -0.3 is 5.73 Å². The number of primary amides is 1. The van der Waals surface area contributed by atoms with Crippen molar-refractivity contribution in [1.29, 1.82) is 0 Å². The second-order valence-corrected chi connectivity index (χ2v) is 2.13. The first-order chi connectivity index (χ1) is 5.07. The fraction of sp³-hybridized carbons (Fsp3) is 0.429. The van der Waals surface area contributed by atoms with E-state index in [1.165, 1.54) is 0 Å². The van der Waals surface area contributed by atoms with E-state index < -0.39 is 6.03 Å². The van der Waals surface area contributed by atoms with Crippen LogP contribution in [0.1, 0.15) is 20.3 Å². The molecule has 0 heterocycles. The Kier molecular flexibility index (Phi) is 3.95. The molecule has 0 aliphatic rings. The number of hydrazone groups is 1. The molecule has 0 aromatic heterocycles. The Morgan fingerprint density at radius 3 is 2.64 bits per heavy atom. The summed E-state index contributed by atoms with van der Waals surface area (Å²) in [6.07, 6.45) is 0.815. The lowest BCUT2D eigenvalue weighted by Gasteiger charge is -2.00. The molecule has 11 heavy (non-hydrogen) atoms. The van der Waals surface area contributed by atoms with Gasteiger partial charge in [0.25, 0.3) is 0 Å². The van der Waals surface area contributed by atoms with Crippen LogP contribution in [0.5, 0.6) is 0 Å². The quantitative estimate of drug-likeness (QED) is 0.463. The number of allylic oxidation sites excluding steroid dienone is 1. The third kappa shape index (κ3) is 4.13. The molecule has 0 saturated carbocycles. The smallest absolute Gasteiger partial charge is 0.332 e. The molecule has 0 fully saturated rings. The van der Waals surface area contributed by atoms with E-state index in [1.807, 2.05) is 6.92 Å². The molecular weight excluding hydrogens is 142 g/mol. The van der Waals surface area contributed by atoms with E-state index in [1.54, 1.807) is 6.92 Å². The molecule has 62 valence electrons. The van der Waals surface area contributed by atoms with Crippen LogP contribution in [0.15, 0.2) is 17.3 Å². The highest BCUT2D eigenvalue weighted by molar-refractivity contribution is 5.97. The number of urea groups is 1. The van der Waals surface area contributed by atoms with Crippen molar-refractivity contribution in [3.8, 4) is 0 Å². The highest BCUT2D eigenvalue weighted by Crippen LogP contribution is 1.98. The Balaban J connectivity index is 4.00. The SMILES string of the molecule is C=C(CC)/C(C)=N/NC(N)=O. The van der Waals surface area contributed by atoms with Gasteiger partial charge in [-0.3, -0.25) is 0 Å². The summed E-state index contributed by atoms with van der Waals surface area (Å²) in [6, 6.07) is -0.659. The third-order valence-corrected chi connectivity index (χ3v) is 1.27. The molecule has 0 rings (SSSR count). The maximum Gasteiger partial charge on any atom is 0.332 e. The molecule has 0 aromatic carbocycles. The maximum atomic E-state index is 10.2. The molecule has 3 N–H and O–H groups in total. The average Bonchev–Trinajstić information content (AvgIpc) is 1.98. The van der Waals surface area contributed by atoms with E-state index in [0.717, 1.165) is 12.0 Å². The van der Waals surface area contributed by atoms with Crippen LogP contribution in [0.2, 0.25) is 0 Å². The lowest BCUT2D eigenvalue weighted by Crippen LogP contribution is -2.25. The summed E-state index contributed by atoms with van der Waals surface area (Å²) in [7, 11) is 0. The maximum absolute atomic E-state index is 10.2. The molecule has 2 amide bonds. The molecule has 0 aromatic rings. The van der Waals surface area contributed by atoms with Crippen molar-refractivity contribution in [3.05, 3.63) is 12.2 Å². The van der Waals surface area contributed by atoms with Crippen molar-refractivity contribution in [1.82, 2.24) is 5.43 Å². The summed E-state index contributed by atoms with van der Waals surface area (Å²) < 4.78 is 0. The standard InChI is InChI=1S/C7H13N3O/c1-4-5(2)6(3)9-10-7(8)11/h2,4H2,1,3H3,(H3,8,10,11)/b9-6+. The first kappa shape index (κ1) is 9.68. The first-order valence-corrected chi connectivity index (χ1v) is 3.35. The molecule has 0 saturated heterocycles. The van der Waals surface area contributed by atoms with Gasteiger partial charge in [-0.05, 0) is 18.9 Å². The number of rotatable bonds is 3. The topological polar surface area (TPSA) is 67.5 Å². The molecule has 0 aliphatic heterocycles. The molecule has 0 atom stereocenters. The number of hydrogen-bond acceptors (Lipinski definition) is 2. The van der Waals surface area contributed by atoms with Gasteiger partial charge in [-0.15, -0.1) is 0 Å². The number of amides is 2. The zero-order valence-electron chi connectivity index (χ0n) is 6.85. The summed E-state index contributed by atoms with van der Waals surface area (Å²) in [4.78, 5) is 10.2. The van der Waals surface area contributed by atoms with Crippen LogP contribution in [-0.4, -0.2) is 11.7 Å². The van der Waals surface area contributed by atoms with E-state index in [2.05, 4.69) is 17.1 Å². The third-order valence-electron chi connectivity index (χ3n) is 1.27. The Morgan fingerprint density at radius 2 is 2.27 bits per heavy atom. The Labute approximate surface area is 66.2 Å². The van der Waals surface area contributed by atoms with Crippen LogP contribution in [-0.2, 0) is 0 Å². The highest BCUT2D eigenvalue weighted by atomic mass is 16.2. The summed E-state index contributed by atoms with van der Waals surface area (Å²) >= 11 is 0. The largest absolute Gasteiger partial charge is 0.350 e. The predicted octanol–water partition coefficient (Wildman–Crippen LogP) is 0.997. The van der Waals surface area contributed by atoms with Gasteiger partial charge in [-0.25, -0.2) is 10.2 Å². The summed E-state index contributed by atoms with van der Waals surface area (Å²) in [6.45, 7) is 7.46. The van der Waals surface area contributed by atoms with Crippen LogP contribution < -0.4 is 11.2 Å². The minimum atomic E-state index is -0.659. The highest BCUT2D eigenvalue weighted by Gasteiger charge is 1.95. The number of nitrogens with one attached hydrogen (secondary N) is 1. The van der Waals surface area contributed by atoms with Gasteiger partial charge in [0.05, 0.1) is 5.71 Å². The number of carbonyl (C=O) groups excluding carboxylic acids is 1. The minimum absolute atomic E-state index is 0.659. The Hall–Kier alpha value is -1.32. The minimum Gasteiger partial charge on any atom is -0.350 e. The van der Waals surface area contributed by atoms with E-state index in [-0.39, 0.29) is 0 Å². The second kappa shape index (κ2) is 4.49. The van der Waals surface area contributed by atoms with Crippen molar-refractivity contribution < 1.29 is 4.79 Å². The van der Waals surface area contributed by atoms with Gasteiger partial charge in [-0.2, -0.15) is 5.10 Å². The predicted molar refractivity (Wildman–Crippen MR) is 45.3 cm³/mol. The summed E-state index contributed by atoms with van der Waals surface area (Å²) in [5.41, 5.74) is 8.51. The molecule has 0 bridgehead atoms. The Morgan fingerprint density at radius 1 is 1.73 bits per heavy atom. The molecule has 0 spiro atoms. The number of hydrogen-bond donors (Lipinski definition) is 2. The van der Waals surface area contributed by atoms with Gasteiger partial charge in [0.1, 0.15) is 0 Å². The molecule has 0 aliphatic carbocycles. The van der Waals surface area contributed by atoms with Crippen molar-refractivity contribution in [2.75, 3.05) is 0 Å². The van der Waals surface area contributed by atoms with Crippen LogP contribution in [0.25, 0.3) is 0 Å². The molecular formula is C7H13N3O. The van der Waals surface area contributed by atoms with Crippen LogP contribution in [0.4, 0.5) is 4.79 Å². The van der Waals surface area contributed by atoms with Crippen molar-refractivity contribution >= 4 is 11.7 Å². The van der Waals surface area contributed by atoms with Gasteiger partial charge in [0.2, 0.25) is 0 Å². The fourth-order valence-electron chi connectivity index (χ4n) is 0.474. The van der Waals surface area contributed by atoms with Crippen LogP contribution in [0.3, 0.4) is 0 Å². The lowest BCUT2D eigenvalue weighted by molar-refractivity contribution is 0.249. The van der Waals surface area contributed by atoms with E-state index >= 15 is 0 Å². The lowest BCUT2D eigenvalue weighted by atomic mass is 10.1. The molecule has 4 nitrogen and oxygen atoms in total. The van der Waals surface area contributed by atoms with Gasteiger partial charge >= 0.3 is 6.03 Å². The number of nitrogens with zero attached hydrogens (tertiary/aromatic N) is 1. The van der Waals surface area contributed by atoms with Gasteiger partial charge in [-0.1, -0.05) is 13.5 Å². The van der Waals surface area contributed by atoms with Crippen molar-refractivity contribution in [2.45, 2.75) is 20.3 Å². The first-order valence-electron chi connectivity index (χ1n) is 3.35. The zero-order valence-corrected chi connectivity index (χ0v) is 6.85. The molecule has 0 radical (unpaired) electrons. The normalized spacial score (nSPS) is 10.9. The van der Waals surface area contributed by atoms with Gasteiger partial charge in [0.15, 0.2) is 0 Å². The molecule has 0 unspecified atom stereocenters. The van der Waals surface area contributed by atoms with E-state index in [0.29, 0.717) is 5.71 Å². The molecule has 4 heteroatoms. The summed E-state index contributed by atoms with van der Waals surface area (Å²) in [5, 5.41) is 3.69. The Bertz CT molecular complexity index is 196. The van der Waals surface area contributed by atoms with Crippen molar-refractivity contribution in [3.63, 3.8) is 0 Å².